The van der Waals surface area contributed by atoms with Crippen LogP contribution in [0.2, 0.25) is 0 Å². The fourth-order valence-corrected chi connectivity index (χ4v) is 5.13. The highest BCUT2D eigenvalue weighted by molar-refractivity contribution is 7.88. The third-order valence-electron chi connectivity index (χ3n) is 6.09. The molecule has 0 aliphatic carbocycles. The number of hydrogen-bond acceptors (Lipinski definition) is 9. The van der Waals surface area contributed by atoms with E-state index in [0.717, 1.165) is 22.4 Å². The first-order chi connectivity index (χ1) is 18.2. The molecule has 3 aromatic rings. The predicted molar refractivity (Wildman–Crippen MR) is 146 cm³/mol. The highest BCUT2D eigenvalue weighted by Crippen LogP contribution is 2.31. The molecule has 1 N–H and O–H groups in total. The number of aromatic nitrogens is 2. The van der Waals surface area contributed by atoms with Gasteiger partial charge in [-0.25, -0.2) is 13.4 Å². The van der Waals surface area contributed by atoms with E-state index in [-0.39, 0.29) is 0 Å². The number of nitrogens with zero attached hydrogens (tertiary/aromatic N) is 6. The Labute approximate surface area is 222 Å². The Balaban J connectivity index is 1.48. The lowest BCUT2D eigenvalue weighted by Crippen LogP contribution is -2.48. The number of benzene rings is 2. The molecule has 0 radical (unpaired) electrons. The van der Waals surface area contributed by atoms with Gasteiger partial charge in [0.15, 0.2) is 0 Å². The molecule has 0 amide bonds. The smallest absolute Gasteiger partial charge is 0.230 e. The highest BCUT2D eigenvalue weighted by atomic mass is 32.2. The van der Waals surface area contributed by atoms with Crippen LogP contribution in [0.15, 0.2) is 48.7 Å². The minimum Gasteiger partial charge on any atom is -0.438 e. The summed E-state index contributed by atoms with van der Waals surface area (Å²) in [6.07, 6.45) is 5.97. The molecule has 38 heavy (non-hydrogen) atoms. The van der Waals surface area contributed by atoms with Crippen LogP contribution in [0.3, 0.4) is 0 Å². The van der Waals surface area contributed by atoms with Crippen LogP contribution in [0.1, 0.15) is 22.3 Å². The summed E-state index contributed by atoms with van der Waals surface area (Å²) in [4.78, 5) is 10.7. The van der Waals surface area contributed by atoms with Crippen molar-refractivity contribution < 1.29 is 13.2 Å². The Hall–Kier alpha value is -4.45. The van der Waals surface area contributed by atoms with E-state index >= 15 is 0 Å². The Kier molecular flexibility index (Phi) is 7.91. The van der Waals surface area contributed by atoms with Crippen molar-refractivity contribution in [2.75, 3.05) is 42.7 Å². The Bertz CT molecular complexity index is 1540. The third kappa shape index (κ3) is 6.27. The van der Waals surface area contributed by atoms with Crippen LogP contribution in [-0.4, -0.2) is 55.1 Å². The first kappa shape index (κ1) is 26.6. The molecule has 2 aromatic carbocycles. The van der Waals surface area contributed by atoms with Gasteiger partial charge in [0.25, 0.3) is 0 Å². The lowest BCUT2D eigenvalue weighted by Gasteiger charge is -2.35. The largest absolute Gasteiger partial charge is 0.438 e. The summed E-state index contributed by atoms with van der Waals surface area (Å²) >= 11 is 0. The topological polar surface area (TPSA) is 135 Å². The Morgan fingerprint density at radius 1 is 1.05 bits per heavy atom. The molecule has 1 aromatic heterocycles. The Morgan fingerprint density at radius 2 is 1.76 bits per heavy atom. The molecule has 0 spiro atoms. The van der Waals surface area contributed by atoms with Gasteiger partial charge in [0.05, 0.1) is 23.6 Å². The van der Waals surface area contributed by atoms with Crippen molar-refractivity contribution in [3.63, 3.8) is 0 Å². The monoisotopic (exact) mass is 529 g/mol. The first-order valence-electron chi connectivity index (χ1n) is 11.9. The fraction of sp³-hybridized carbons (Fsp3) is 0.259. The van der Waals surface area contributed by atoms with E-state index in [0.29, 0.717) is 55.0 Å². The zero-order valence-electron chi connectivity index (χ0n) is 21.3. The van der Waals surface area contributed by atoms with Crippen LogP contribution in [0, 0.1) is 36.5 Å². The molecular formula is C27H27N7O3S. The number of nitriles is 2. The summed E-state index contributed by atoms with van der Waals surface area (Å²) in [6, 6.07) is 15.1. The van der Waals surface area contributed by atoms with E-state index in [1.807, 2.05) is 49.1 Å². The SMILES string of the molecule is Cc1cc(/C=C/C#N)cc(C)c1Oc1ccnc(Nc2ccc(N3CCN(S(C)(=O)=O)CC3)c(C#N)c2)n1. The summed E-state index contributed by atoms with van der Waals surface area (Å²) in [5.41, 5.74) is 4.58. The van der Waals surface area contributed by atoms with Gasteiger partial charge in [0, 0.05) is 50.2 Å². The van der Waals surface area contributed by atoms with Crippen molar-refractivity contribution in [1.82, 2.24) is 14.3 Å². The summed E-state index contributed by atoms with van der Waals surface area (Å²) in [5.74, 6) is 1.34. The van der Waals surface area contributed by atoms with Crippen LogP contribution >= 0.6 is 0 Å². The number of ether oxygens (including phenoxy) is 1. The van der Waals surface area contributed by atoms with E-state index in [4.69, 9.17) is 10.00 Å². The molecule has 2 heterocycles. The Morgan fingerprint density at radius 3 is 2.39 bits per heavy atom. The van der Waals surface area contributed by atoms with E-state index in [2.05, 4.69) is 21.4 Å². The van der Waals surface area contributed by atoms with E-state index in [1.54, 1.807) is 24.4 Å². The number of nitrogens with one attached hydrogen (secondary N) is 1. The van der Waals surface area contributed by atoms with Gasteiger partial charge in [0.2, 0.25) is 21.9 Å². The number of anilines is 3. The van der Waals surface area contributed by atoms with Gasteiger partial charge in [-0.2, -0.15) is 19.8 Å². The van der Waals surface area contributed by atoms with Gasteiger partial charge in [-0.15, -0.1) is 0 Å². The van der Waals surface area contributed by atoms with Crippen LogP contribution in [0.5, 0.6) is 11.6 Å². The van der Waals surface area contributed by atoms with Gasteiger partial charge in [0.1, 0.15) is 11.8 Å². The third-order valence-corrected chi connectivity index (χ3v) is 7.39. The molecule has 0 unspecified atom stereocenters. The maximum Gasteiger partial charge on any atom is 0.230 e. The summed E-state index contributed by atoms with van der Waals surface area (Å²) < 4.78 is 31.1. The molecule has 1 aliphatic heterocycles. The number of sulfonamides is 1. The lowest BCUT2D eigenvalue weighted by molar-refractivity contribution is 0.388. The van der Waals surface area contributed by atoms with Crippen molar-refractivity contribution in [2.24, 2.45) is 0 Å². The molecule has 0 atom stereocenters. The van der Waals surface area contributed by atoms with Crippen molar-refractivity contribution in [2.45, 2.75) is 13.8 Å². The van der Waals surface area contributed by atoms with Crippen LogP contribution in [0.25, 0.3) is 6.08 Å². The fourth-order valence-electron chi connectivity index (χ4n) is 4.31. The molecule has 4 rings (SSSR count). The van der Waals surface area contributed by atoms with Crippen molar-refractivity contribution in [3.8, 4) is 23.8 Å². The lowest BCUT2D eigenvalue weighted by atomic mass is 10.1. The second-order valence-electron chi connectivity index (χ2n) is 8.88. The summed E-state index contributed by atoms with van der Waals surface area (Å²) in [7, 11) is -3.23. The number of rotatable bonds is 7. The zero-order valence-corrected chi connectivity index (χ0v) is 22.2. The van der Waals surface area contributed by atoms with Crippen molar-refractivity contribution >= 4 is 33.4 Å². The molecule has 1 aliphatic rings. The quantitative estimate of drug-likeness (QED) is 0.448. The molecular weight excluding hydrogens is 502 g/mol. The minimum atomic E-state index is -3.23. The second kappa shape index (κ2) is 11.3. The van der Waals surface area contributed by atoms with Crippen molar-refractivity contribution in [1.29, 1.82) is 10.5 Å². The van der Waals surface area contributed by atoms with Crippen molar-refractivity contribution in [3.05, 3.63) is 70.9 Å². The minimum absolute atomic E-state index is 0.310. The molecule has 194 valence electrons. The number of allylic oxidation sites excluding steroid dienone is 1. The number of hydrogen-bond donors (Lipinski definition) is 1. The van der Waals surface area contributed by atoms with E-state index in [9.17, 15) is 13.7 Å². The number of piperazine rings is 1. The van der Waals surface area contributed by atoms with Gasteiger partial charge >= 0.3 is 0 Å². The second-order valence-corrected chi connectivity index (χ2v) is 10.9. The predicted octanol–water partition coefficient (Wildman–Crippen LogP) is 4.12. The molecule has 1 saturated heterocycles. The molecule has 0 saturated carbocycles. The van der Waals surface area contributed by atoms with Gasteiger partial charge in [-0.3, -0.25) is 0 Å². The molecule has 10 nitrogen and oxygen atoms in total. The average Bonchev–Trinajstić information content (AvgIpc) is 2.89. The standard InChI is InChI=1S/C27H27N7O3S/c1-19-15-21(5-4-9-28)16-20(2)26(19)37-25-8-10-30-27(32-25)31-23-6-7-24(22(17-23)18-29)33-11-13-34(14-12-33)38(3,35)36/h4-8,10,15-17H,11-14H2,1-3H3,(H,30,31,32)/b5-4+. The van der Waals surface area contributed by atoms with Crippen LogP contribution in [-0.2, 0) is 10.0 Å². The van der Waals surface area contributed by atoms with Gasteiger partial charge < -0.3 is 15.0 Å². The van der Waals surface area contributed by atoms with Gasteiger partial charge in [-0.1, -0.05) is 0 Å². The first-order valence-corrected chi connectivity index (χ1v) is 13.7. The zero-order chi connectivity index (χ0) is 27.3. The van der Waals surface area contributed by atoms with E-state index in [1.165, 1.54) is 16.6 Å². The van der Waals surface area contributed by atoms with E-state index < -0.39 is 10.0 Å². The molecule has 11 heteroatoms. The molecule has 1 fully saturated rings. The maximum absolute atomic E-state index is 11.8. The summed E-state index contributed by atoms with van der Waals surface area (Å²) in [6.45, 7) is 5.62. The van der Waals surface area contributed by atoms with Gasteiger partial charge in [-0.05, 0) is 66.9 Å². The maximum atomic E-state index is 11.8. The van der Waals surface area contributed by atoms with Crippen LogP contribution in [0.4, 0.5) is 17.3 Å². The average molecular weight is 530 g/mol. The normalized spacial score (nSPS) is 14.2. The highest BCUT2D eigenvalue weighted by Gasteiger charge is 2.24. The van der Waals surface area contributed by atoms with Crippen LogP contribution < -0.4 is 15.0 Å². The number of aryl methyl sites for hydroxylation is 2. The molecule has 0 bridgehead atoms. The summed E-state index contributed by atoms with van der Waals surface area (Å²) in [5, 5.41) is 21.7.